The molecule has 3 N–H and O–H groups in total. The van der Waals surface area contributed by atoms with Crippen molar-refractivity contribution in [3.8, 4) is 0 Å². The molecule has 5 nitrogen and oxygen atoms in total. The number of hydrogen-bond donors (Lipinski definition) is 2. The number of carbonyl (C=O) groups is 1. The van der Waals surface area contributed by atoms with Gasteiger partial charge in [0, 0.05) is 38.1 Å². The van der Waals surface area contributed by atoms with Gasteiger partial charge in [0.2, 0.25) is 5.91 Å². The molecule has 0 radical (unpaired) electrons. The molecule has 2 saturated carbocycles. The average molecular weight is 444 g/mol. The van der Waals surface area contributed by atoms with Gasteiger partial charge in [-0.2, -0.15) is 0 Å². The molecular weight excluding hydrogens is 409 g/mol. The van der Waals surface area contributed by atoms with Gasteiger partial charge in [-0.1, -0.05) is 30.7 Å². The van der Waals surface area contributed by atoms with Crippen molar-refractivity contribution < 1.29 is 9.53 Å². The van der Waals surface area contributed by atoms with Gasteiger partial charge < -0.3 is 15.8 Å². The van der Waals surface area contributed by atoms with Gasteiger partial charge in [0.25, 0.3) is 0 Å². The third-order valence-electron chi connectivity index (χ3n) is 6.78. The Kier molecular flexibility index (Phi) is 9.70. The first-order valence-corrected chi connectivity index (χ1v) is 10.6. The highest BCUT2D eigenvalue weighted by Gasteiger charge is 2.40. The molecule has 0 spiro atoms. The third-order valence-corrected chi connectivity index (χ3v) is 6.78. The second kappa shape index (κ2) is 11.5. The zero-order valence-electron chi connectivity index (χ0n) is 17.1. The summed E-state index contributed by atoms with van der Waals surface area (Å²) in [5.74, 6) is 1.47. The van der Waals surface area contributed by atoms with Gasteiger partial charge in [-0.25, -0.2) is 0 Å². The summed E-state index contributed by atoms with van der Waals surface area (Å²) in [4.78, 5) is 15.1. The second-order valence-corrected chi connectivity index (χ2v) is 8.62. The highest BCUT2D eigenvalue weighted by Crippen LogP contribution is 2.41. The molecule has 2 aliphatic carbocycles. The molecule has 1 amide bonds. The summed E-state index contributed by atoms with van der Waals surface area (Å²) < 4.78 is 5.40. The number of benzene rings is 1. The van der Waals surface area contributed by atoms with Gasteiger partial charge in [0.05, 0.1) is 13.2 Å². The minimum absolute atomic E-state index is 0. The van der Waals surface area contributed by atoms with Crippen molar-refractivity contribution in [1.82, 2.24) is 10.2 Å². The fourth-order valence-electron chi connectivity index (χ4n) is 5.12. The van der Waals surface area contributed by atoms with E-state index in [2.05, 4.69) is 34.5 Å². The van der Waals surface area contributed by atoms with Crippen LogP contribution in [0.3, 0.4) is 0 Å². The van der Waals surface area contributed by atoms with E-state index < -0.39 is 0 Å². The Morgan fingerprint density at radius 2 is 1.62 bits per heavy atom. The molecule has 2 atom stereocenters. The number of hydrogen-bond acceptors (Lipinski definition) is 4. The van der Waals surface area contributed by atoms with Crippen molar-refractivity contribution in [2.24, 2.45) is 23.5 Å². The molecule has 1 aromatic carbocycles. The number of nitrogens with zero attached hydrogens (tertiary/aromatic N) is 1. The smallest absolute Gasteiger partial charge is 0.223 e. The van der Waals surface area contributed by atoms with Crippen molar-refractivity contribution in [2.75, 3.05) is 26.3 Å². The Labute approximate surface area is 186 Å². The zero-order valence-corrected chi connectivity index (χ0v) is 18.7. The number of fused-ring (bicyclic) bond motifs is 2. The summed E-state index contributed by atoms with van der Waals surface area (Å²) >= 11 is 0. The Morgan fingerprint density at radius 3 is 2.24 bits per heavy atom. The Morgan fingerprint density at radius 1 is 1.03 bits per heavy atom. The molecule has 1 saturated heterocycles. The lowest BCUT2D eigenvalue weighted by Gasteiger charge is -2.43. The number of halogens is 2. The second-order valence-electron chi connectivity index (χ2n) is 8.62. The van der Waals surface area contributed by atoms with Crippen LogP contribution in [0.2, 0.25) is 0 Å². The van der Waals surface area contributed by atoms with E-state index in [1.54, 1.807) is 0 Å². The van der Waals surface area contributed by atoms with E-state index in [0.29, 0.717) is 24.4 Å². The van der Waals surface area contributed by atoms with E-state index in [0.717, 1.165) is 45.7 Å². The van der Waals surface area contributed by atoms with Crippen LogP contribution in [-0.2, 0) is 22.6 Å². The molecular formula is C22H35Cl2N3O2. The van der Waals surface area contributed by atoms with E-state index in [9.17, 15) is 4.79 Å². The van der Waals surface area contributed by atoms with E-state index in [1.807, 2.05) is 0 Å². The van der Waals surface area contributed by atoms with Crippen LogP contribution >= 0.6 is 24.8 Å². The first-order valence-electron chi connectivity index (χ1n) is 10.6. The SMILES string of the molecule is Cl.Cl.NC1C2CCCC1CC(C(=O)NCc1ccc(CN3CCOCC3)cc1)C2. The average Bonchev–Trinajstić information content (AvgIpc) is 2.68. The van der Waals surface area contributed by atoms with E-state index in [1.165, 1.54) is 30.4 Å². The lowest BCUT2D eigenvalue weighted by Crippen LogP contribution is -2.49. The Bertz CT molecular complexity index is 623. The lowest BCUT2D eigenvalue weighted by atomic mass is 9.65. The standard InChI is InChI=1S/C22H33N3O2.2ClH/c23-21-18-2-1-3-19(21)13-20(12-18)22(26)24-14-16-4-6-17(7-5-16)15-25-8-10-27-11-9-25;;/h4-7,18-21H,1-3,8-15,23H2,(H,24,26);2*1H. The predicted molar refractivity (Wildman–Crippen MR) is 120 cm³/mol. The maximum atomic E-state index is 12.7. The van der Waals surface area contributed by atoms with Crippen LogP contribution in [0.15, 0.2) is 24.3 Å². The van der Waals surface area contributed by atoms with Crippen LogP contribution in [0.1, 0.15) is 43.2 Å². The third kappa shape index (κ3) is 6.31. The number of ether oxygens (including phenoxy) is 1. The molecule has 164 valence electrons. The van der Waals surface area contributed by atoms with Crippen LogP contribution in [0, 0.1) is 17.8 Å². The quantitative estimate of drug-likeness (QED) is 0.733. The van der Waals surface area contributed by atoms with E-state index >= 15 is 0 Å². The summed E-state index contributed by atoms with van der Waals surface area (Å²) in [5.41, 5.74) is 8.84. The molecule has 3 aliphatic rings. The summed E-state index contributed by atoms with van der Waals surface area (Å²) in [6.45, 7) is 5.27. The molecule has 1 aromatic rings. The fourth-order valence-corrected chi connectivity index (χ4v) is 5.12. The van der Waals surface area contributed by atoms with Crippen LogP contribution in [0.5, 0.6) is 0 Å². The minimum Gasteiger partial charge on any atom is -0.379 e. The number of nitrogens with two attached hydrogens (primary N) is 1. The number of morpholine rings is 1. The van der Waals surface area contributed by atoms with Crippen LogP contribution < -0.4 is 11.1 Å². The number of rotatable bonds is 5. The van der Waals surface area contributed by atoms with Gasteiger partial charge in [-0.15, -0.1) is 24.8 Å². The van der Waals surface area contributed by atoms with Gasteiger partial charge in [-0.3, -0.25) is 9.69 Å². The van der Waals surface area contributed by atoms with E-state index in [4.69, 9.17) is 10.5 Å². The molecule has 2 bridgehead atoms. The topological polar surface area (TPSA) is 67.6 Å². The first-order chi connectivity index (χ1) is 13.2. The molecule has 0 aromatic heterocycles. The lowest BCUT2D eigenvalue weighted by molar-refractivity contribution is -0.128. The molecule has 2 unspecified atom stereocenters. The maximum Gasteiger partial charge on any atom is 0.223 e. The van der Waals surface area contributed by atoms with Gasteiger partial charge >= 0.3 is 0 Å². The summed E-state index contributed by atoms with van der Waals surface area (Å²) in [6, 6.07) is 8.97. The highest BCUT2D eigenvalue weighted by atomic mass is 35.5. The van der Waals surface area contributed by atoms with Crippen LogP contribution in [-0.4, -0.2) is 43.2 Å². The highest BCUT2D eigenvalue weighted by molar-refractivity contribution is 5.85. The predicted octanol–water partition coefficient (Wildman–Crippen LogP) is 3.13. The number of carbonyl (C=O) groups excluding carboxylic acids is 1. The monoisotopic (exact) mass is 443 g/mol. The fraction of sp³-hybridized carbons (Fsp3) is 0.682. The van der Waals surface area contributed by atoms with Crippen molar-refractivity contribution in [3.63, 3.8) is 0 Å². The summed E-state index contributed by atoms with van der Waals surface area (Å²) in [6.07, 6.45) is 5.64. The molecule has 29 heavy (non-hydrogen) atoms. The van der Waals surface area contributed by atoms with Crippen molar-refractivity contribution >= 4 is 30.7 Å². The summed E-state index contributed by atoms with van der Waals surface area (Å²) in [7, 11) is 0. The van der Waals surface area contributed by atoms with Crippen LogP contribution in [0.4, 0.5) is 0 Å². The van der Waals surface area contributed by atoms with E-state index in [-0.39, 0.29) is 36.6 Å². The molecule has 7 heteroatoms. The molecule has 4 rings (SSSR count). The molecule has 1 heterocycles. The maximum absolute atomic E-state index is 12.7. The van der Waals surface area contributed by atoms with Crippen LogP contribution in [0.25, 0.3) is 0 Å². The number of amides is 1. The van der Waals surface area contributed by atoms with Gasteiger partial charge in [-0.05, 0) is 48.6 Å². The normalized spacial score (nSPS) is 29.3. The molecule has 3 fully saturated rings. The zero-order chi connectivity index (χ0) is 18.6. The van der Waals surface area contributed by atoms with Crippen molar-refractivity contribution in [2.45, 2.75) is 51.2 Å². The molecule has 1 aliphatic heterocycles. The first kappa shape index (κ1) is 24.4. The Hall–Kier alpha value is -0.850. The Balaban J connectivity index is 0.00000150. The minimum atomic E-state index is 0. The van der Waals surface area contributed by atoms with Gasteiger partial charge in [0.15, 0.2) is 0 Å². The van der Waals surface area contributed by atoms with Gasteiger partial charge in [0.1, 0.15) is 0 Å². The number of nitrogens with one attached hydrogen (secondary N) is 1. The summed E-state index contributed by atoms with van der Waals surface area (Å²) in [5, 5.41) is 3.17. The van der Waals surface area contributed by atoms with Crippen molar-refractivity contribution in [1.29, 1.82) is 0 Å². The largest absolute Gasteiger partial charge is 0.379 e. The van der Waals surface area contributed by atoms with Crippen molar-refractivity contribution in [3.05, 3.63) is 35.4 Å².